The zero-order valence-corrected chi connectivity index (χ0v) is 9.67. The Morgan fingerprint density at radius 2 is 2.35 bits per heavy atom. The molecule has 2 heterocycles. The van der Waals surface area contributed by atoms with Crippen LogP contribution in [0.3, 0.4) is 0 Å². The number of rotatable bonds is 1. The quantitative estimate of drug-likeness (QED) is 0.637. The molecule has 0 aliphatic carbocycles. The number of hydrogen-bond acceptors (Lipinski definition) is 6. The van der Waals surface area contributed by atoms with Gasteiger partial charge >= 0.3 is 5.97 Å². The number of carbonyl (C=O) groups excluding carboxylic acids is 1. The maximum atomic E-state index is 11.5. The lowest BCUT2D eigenvalue weighted by Crippen LogP contribution is -2.01. The fourth-order valence-electron chi connectivity index (χ4n) is 1.74. The smallest absolute Gasteiger partial charge is 0.359 e. The summed E-state index contributed by atoms with van der Waals surface area (Å²) in [4.78, 5) is 15.7. The molecule has 0 amide bonds. The van der Waals surface area contributed by atoms with Crippen molar-refractivity contribution >= 4 is 43.6 Å². The van der Waals surface area contributed by atoms with Crippen LogP contribution in [-0.4, -0.2) is 28.3 Å². The van der Waals surface area contributed by atoms with Crippen molar-refractivity contribution in [1.82, 2.24) is 15.2 Å². The number of aromatic nitrogens is 3. The normalized spacial score (nSPS) is 11.1. The number of ether oxygens (including phenoxy) is 1. The molecule has 0 saturated heterocycles. The summed E-state index contributed by atoms with van der Waals surface area (Å²) in [6.45, 7) is 0. The summed E-state index contributed by atoms with van der Waals surface area (Å²) < 4.78 is 5.55. The number of H-pyrrole nitrogens is 1. The molecule has 0 aliphatic heterocycles. The third-order valence-electron chi connectivity index (χ3n) is 2.49. The number of methoxy groups -OCH3 is 1. The average Bonchev–Trinajstić information content (AvgIpc) is 2.89. The summed E-state index contributed by atoms with van der Waals surface area (Å²) in [7, 11) is 1.33. The van der Waals surface area contributed by atoms with Crippen molar-refractivity contribution in [3.63, 3.8) is 0 Å². The Morgan fingerprint density at radius 1 is 1.53 bits per heavy atom. The van der Waals surface area contributed by atoms with E-state index in [1.807, 2.05) is 6.07 Å². The first-order chi connectivity index (χ1) is 8.20. The molecule has 86 valence electrons. The minimum absolute atomic E-state index is 0.274. The molecule has 0 spiro atoms. The van der Waals surface area contributed by atoms with E-state index in [9.17, 15) is 4.79 Å². The lowest BCUT2D eigenvalue weighted by molar-refractivity contribution is 0.0596. The number of nitrogens with zero attached hydrogens (tertiary/aromatic N) is 2. The van der Waals surface area contributed by atoms with Crippen LogP contribution in [0, 0.1) is 0 Å². The third-order valence-corrected chi connectivity index (χ3v) is 3.41. The van der Waals surface area contributed by atoms with Crippen molar-refractivity contribution in [3.05, 3.63) is 17.8 Å². The Balaban J connectivity index is 2.38. The number of nitrogen functional groups attached to an aromatic ring is 1. The molecule has 0 bridgehead atoms. The number of esters is 1. The Morgan fingerprint density at radius 3 is 3.12 bits per heavy atom. The van der Waals surface area contributed by atoms with Crippen LogP contribution in [0.5, 0.6) is 0 Å². The van der Waals surface area contributed by atoms with Gasteiger partial charge in [-0.05, 0) is 12.1 Å². The highest BCUT2D eigenvalue weighted by molar-refractivity contribution is 7.22. The van der Waals surface area contributed by atoms with Crippen LogP contribution in [0.4, 0.5) is 5.13 Å². The second-order valence-corrected chi connectivity index (χ2v) is 4.48. The van der Waals surface area contributed by atoms with Crippen molar-refractivity contribution in [2.24, 2.45) is 0 Å². The van der Waals surface area contributed by atoms with Gasteiger partial charge in [0, 0.05) is 5.39 Å². The molecule has 3 aromatic rings. The summed E-state index contributed by atoms with van der Waals surface area (Å²) >= 11 is 1.36. The predicted octanol–water partition coefficient (Wildman–Crippen LogP) is 1.54. The first kappa shape index (κ1) is 10.0. The van der Waals surface area contributed by atoms with E-state index in [-0.39, 0.29) is 5.69 Å². The lowest BCUT2D eigenvalue weighted by atomic mass is 10.2. The number of anilines is 1. The summed E-state index contributed by atoms with van der Waals surface area (Å²) in [5.41, 5.74) is 7.48. The molecule has 6 nitrogen and oxygen atoms in total. The molecule has 0 saturated carbocycles. The molecule has 0 fully saturated rings. The summed E-state index contributed by atoms with van der Waals surface area (Å²) in [5, 5.41) is 7.99. The highest BCUT2D eigenvalue weighted by Gasteiger charge is 2.17. The Kier molecular flexibility index (Phi) is 2.02. The highest BCUT2D eigenvalue weighted by atomic mass is 32.1. The number of benzene rings is 1. The fourth-order valence-corrected chi connectivity index (χ4v) is 2.57. The SMILES string of the molecule is COC(=O)c1n[nH]c2c1ccc1nc(N)sc12. The van der Waals surface area contributed by atoms with E-state index >= 15 is 0 Å². The second-order valence-electron chi connectivity index (χ2n) is 3.45. The van der Waals surface area contributed by atoms with Crippen molar-refractivity contribution in [1.29, 1.82) is 0 Å². The maximum absolute atomic E-state index is 11.5. The number of nitrogens with one attached hydrogen (secondary N) is 1. The molecular weight excluding hydrogens is 240 g/mol. The third kappa shape index (κ3) is 1.36. The van der Waals surface area contributed by atoms with Gasteiger partial charge in [-0.3, -0.25) is 5.10 Å². The van der Waals surface area contributed by atoms with E-state index in [1.54, 1.807) is 6.07 Å². The van der Waals surface area contributed by atoms with Gasteiger partial charge in [0.25, 0.3) is 0 Å². The molecule has 2 aromatic heterocycles. The van der Waals surface area contributed by atoms with E-state index in [4.69, 9.17) is 5.73 Å². The highest BCUT2D eigenvalue weighted by Crippen LogP contribution is 2.31. The van der Waals surface area contributed by atoms with Gasteiger partial charge in [0.1, 0.15) is 0 Å². The number of fused-ring (bicyclic) bond motifs is 3. The van der Waals surface area contributed by atoms with Gasteiger partial charge in [-0.15, -0.1) is 0 Å². The summed E-state index contributed by atoms with van der Waals surface area (Å²) in [6.07, 6.45) is 0. The first-order valence-corrected chi connectivity index (χ1v) is 5.64. The molecule has 0 aliphatic rings. The van der Waals surface area contributed by atoms with Crippen molar-refractivity contribution in [3.8, 4) is 0 Å². The number of hydrogen-bond donors (Lipinski definition) is 2. The van der Waals surface area contributed by atoms with Crippen LogP contribution in [0.1, 0.15) is 10.5 Å². The largest absolute Gasteiger partial charge is 0.464 e. The van der Waals surface area contributed by atoms with Crippen molar-refractivity contribution in [2.75, 3.05) is 12.8 Å². The lowest BCUT2D eigenvalue weighted by Gasteiger charge is -1.94. The van der Waals surface area contributed by atoms with E-state index < -0.39 is 5.97 Å². The van der Waals surface area contributed by atoms with Crippen LogP contribution in [0.25, 0.3) is 21.1 Å². The molecule has 7 heteroatoms. The minimum Gasteiger partial charge on any atom is -0.464 e. The van der Waals surface area contributed by atoms with E-state index in [0.717, 1.165) is 15.7 Å². The zero-order valence-electron chi connectivity index (χ0n) is 8.85. The number of carbonyl (C=O) groups is 1. The van der Waals surface area contributed by atoms with Crippen LogP contribution < -0.4 is 5.73 Å². The molecule has 3 rings (SSSR count). The molecule has 1 aromatic carbocycles. The van der Waals surface area contributed by atoms with E-state index in [1.165, 1.54) is 18.4 Å². The van der Waals surface area contributed by atoms with Gasteiger partial charge in [-0.2, -0.15) is 5.10 Å². The topological polar surface area (TPSA) is 93.9 Å². The predicted molar refractivity (Wildman–Crippen MR) is 65.0 cm³/mol. The second kappa shape index (κ2) is 3.42. The summed E-state index contributed by atoms with van der Waals surface area (Å²) in [6, 6.07) is 3.60. The molecule has 0 radical (unpaired) electrons. The molecule has 17 heavy (non-hydrogen) atoms. The Hall–Kier alpha value is -2.15. The van der Waals surface area contributed by atoms with Gasteiger partial charge in [0.05, 0.1) is 22.8 Å². The van der Waals surface area contributed by atoms with Gasteiger partial charge in [-0.25, -0.2) is 9.78 Å². The minimum atomic E-state index is -0.465. The van der Waals surface area contributed by atoms with Gasteiger partial charge < -0.3 is 10.5 Å². The van der Waals surface area contributed by atoms with Crippen LogP contribution in [-0.2, 0) is 4.74 Å². The number of nitrogens with two attached hydrogens (primary N) is 1. The van der Waals surface area contributed by atoms with Gasteiger partial charge in [0.2, 0.25) is 0 Å². The van der Waals surface area contributed by atoms with E-state index in [0.29, 0.717) is 10.5 Å². The Bertz CT molecular complexity index is 730. The number of thiazole rings is 1. The van der Waals surface area contributed by atoms with Gasteiger partial charge in [0.15, 0.2) is 10.8 Å². The van der Waals surface area contributed by atoms with Crippen LogP contribution in [0.2, 0.25) is 0 Å². The molecular formula is C10H8N4O2S. The van der Waals surface area contributed by atoms with Gasteiger partial charge in [-0.1, -0.05) is 11.3 Å². The standard InChI is InChI=1S/C10H8N4O2S/c1-16-9(15)7-4-2-3-5-8(6(4)13-14-7)17-10(11)12-5/h2-3H,1H3,(H2,11,12)(H,13,14). The Labute approximate surface area is 99.4 Å². The fraction of sp³-hybridized carbons (Fsp3) is 0.100. The van der Waals surface area contributed by atoms with Crippen molar-refractivity contribution in [2.45, 2.75) is 0 Å². The maximum Gasteiger partial charge on any atom is 0.359 e. The zero-order chi connectivity index (χ0) is 12.0. The summed E-state index contributed by atoms with van der Waals surface area (Å²) in [5.74, 6) is -0.465. The first-order valence-electron chi connectivity index (χ1n) is 4.82. The van der Waals surface area contributed by atoms with Crippen LogP contribution >= 0.6 is 11.3 Å². The number of aromatic amines is 1. The van der Waals surface area contributed by atoms with Crippen molar-refractivity contribution < 1.29 is 9.53 Å². The molecule has 3 N–H and O–H groups in total. The van der Waals surface area contributed by atoms with E-state index in [2.05, 4.69) is 19.9 Å². The molecule has 0 unspecified atom stereocenters. The average molecular weight is 248 g/mol. The van der Waals surface area contributed by atoms with Crippen LogP contribution in [0.15, 0.2) is 12.1 Å². The monoisotopic (exact) mass is 248 g/mol. The molecule has 0 atom stereocenters.